The fraction of sp³-hybridized carbons (Fsp3) is 0.417. The average Bonchev–Trinajstić information content (AvgIpc) is 3.14. The number of nitro benzene ring substituents is 1. The summed E-state index contributed by atoms with van der Waals surface area (Å²) in [4.78, 5) is 23.2. The standard InChI is InChI=1S/C12H12F2N2O3/c1-15(6-7-2-3-7)12(17)8-4-9(13)10(14)5-11(8)16(18)19/h4-5,7H,2-3,6H2,1H3. The summed E-state index contributed by atoms with van der Waals surface area (Å²) in [7, 11) is 1.49. The molecule has 0 aromatic heterocycles. The van der Waals surface area contributed by atoms with E-state index in [0.29, 0.717) is 24.6 Å². The predicted octanol–water partition coefficient (Wildman–Crippen LogP) is 2.36. The highest BCUT2D eigenvalue weighted by Crippen LogP contribution is 2.30. The van der Waals surface area contributed by atoms with Gasteiger partial charge in [0.05, 0.1) is 11.0 Å². The van der Waals surface area contributed by atoms with Crippen LogP contribution >= 0.6 is 0 Å². The summed E-state index contributed by atoms with van der Waals surface area (Å²) < 4.78 is 26.2. The lowest BCUT2D eigenvalue weighted by molar-refractivity contribution is -0.385. The highest BCUT2D eigenvalue weighted by molar-refractivity contribution is 5.98. The van der Waals surface area contributed by atoms with Gasteiger partial charge in [0.15, 0.2) is 11.6 Å². The number of rotatable bonds is 4. The van der Waals surface area contributed by atoms with Gasteiger partial charge in [-0.2, -0.15) is 0 Å². The smallest absolute Gasteiger partial charge is 0.285 e. The molecule has 102 valence electrons. The van der Waals surface area contributed by atoms with E-state index in [2.05, 4.69) is 0 Å². The molecule has 1 aliphatic carbocycles. The fourth-order valence-electron chi connectivity index (χ4n) is 1.83. The van der Waals surface area contributed by atoms with E-state index >= 15 is 0 Å². The third-order valence-corrected chi connectivity index (χ3v) is 3.04. The number of nitro groups is 1. The molecule has 1 saturated carbocycles. The zero-order valence-electron chi connectivity index (χ0n) is 10.2. The van der Waals surface area contributed by atoms with E-state index in [1.54, 1.807) is 0 Å². The van der Waals surface area contributed by atoms with Gasteiger partial charge < -0.3 is 4.90 Å². The Bertz CT molecular complexity index is 544. The first-order chi connectivity index (χ1) is 8.90. The number of benzene rings is 1. The van der Waals surface area contributed by atoms with Crippen LogP contribution in [0.4, 0.5) is 14.5 Å². The molecule has 1 aromatic carbocycles. The molecule has 7 heteroatoms. The molecular weight excluding hydrogens is 258 g/mol. The monoisotopic (exact) mass is 270 g/mol. The Morgan fingerprint density at radius 1 is 1.42 bits per heavy atom. The van der Waals surface area contributed by atoms with Gasteiger partial charge in [-0.25, -0.2) is 8.78 Å². The van der Waals surface area contributed by atoms with Crippen LogP contribution in [-0.2, 0) is 0 Å². The van der Waals surface area contributed by atoms with Crippen LogP contribution in [0.15, 0.2) is 12.1 Å². The minimum atomic E-state index is -1.34. The lowest BCUT2D eigenvalue weighted by Gasteiger charge is -2.16. The number of nitrogens with zero attached hydrogens (tertiary/aromatic N) is 2. The Hall–Kier alpha value is -2.05. The summed E-state index contributed by atoms with van der Waals surface area (Å²) in [6, 6.07) is 1.02. The molecule has 0 atom stereocenters. The maximum Gasteiger partial charge on any atom is 0.285 e. The minimum Gasteiger partial charge on any atom is -0.341 e. The third-order valence-electron chi connectivity index (χ3n) is 3.04. The maximum absolute atomic E-state index is 13.2. The Morgan fingerprint density at radius 3 is 2.53 bits per heavy atom. The molecule has 0 radical (unpaired) electrons. The van der Waals surface area contributed by atoms with E-state index in [1.165, 1.54) is 11.9 Å². The van der Waals surface area contributed by atoms with Crippen molar-refractivity contribution in [1.82, 2.24) is 4.90 Å². The van der Waals surface area contributed by atoms with Gasteiger partial charge in [-0.15, -0.1) is 0 Å². The van der Waals surface area contributed by atoms with Crippen molar-refractivity contribution in [2.45, 2.75) is 12.8 Å². The van der Waals surface area contributed by atoms with Crippen molar-refractivity contribution in [2.75, 3.05) is 13.6 Å². The average molecular weight is 270 g/mol. The van der Waals surface area contributed by atoms with E-state index in [0.717, 1.165) is 12.8 Å². The van der Waals surface area contributed by atoms with Crippen molar-refractivity contribution in [3.63, 3.8) is 0 Å². The molecule has 0 spiro atoms. The molecule has 0 bridgehead atoms. The van der Waals surface area contributed by atoms with Crippen molar-refractivity contribution >= 4 is 11.6 Å². The predicted molar refractivity (Wildman–Crippen MR) is 62.7 cm³/mol. The van der Waals surface area contributed by atoms with Crippen LogP contribution in [0.3, 0.4) is 0 Å². The maximum atomic E-state index is 13.2. The Morgan fingerprint density at radius 2 is 2.00 bits per heavy atom. The summed E-state index contributed by atoms with van der Waals surface area (Å²) in [5.41, 5.74) is -1.14. The molecular formula is C12H12F2N2O3. The van der Waals surface area contributed by atoms with Crippen LogP contribution < -0.4 is 0 Å². The zero-order chi connectivity index (χ0) is 14.2. The third kappa shape index (κ3) is 2.86. The van der Waals surface area contributed by atoms with Gasteiger partial charge in [-0.05, 0) is 24.8 Å². The highest BCUT2D eigenvalue weighted by atomic mass is 19.2. The summed E-state index contributed by atoms with van der Waals surface area (Å²) in [6.45, 7) is 0.467. The van der Waals surface area contributed by atoms with E-state index in [4.69, 9.17) is 0 Å². The fourth-order valence-corrected chi connectivity index (χ4v) is 1.83. The molecule has 1 amide bonds. The van der Waals surface area contributed by atoms with E-state index in [1.807, 2.05) is 0 Å². The number of carbonyl (C=O) groups excluding carboxylic acids is 1. The van der Waals surface area contributed by atoms with Crippen LogP contribution in [0.2, 0.25) is 0 Å². The summed E-state index contributed by atoms with van der Waals surface area (Å²) >= 11 is 0. The molecule has 0 aliphatic heterocycles. The zero-order valence-corrected chi connectivity index (χ0v) is 10.2. The second-order valence-corrected chi connectivity index (χ2v) is 4.67. The van der Waals surface area contributed by atoms with Gasteiger partial charge in [0, 0.05) is 13.6 Å². The van der Waals surface area contributed by atoms with Gasteiger partial charge in [0.2, 0.25) is 0 Å². The van der Waals surface area contributed by atoms with E-state index < -0.39 is 33.7 Å². The van der Waals surface area contributed by atoms with Crippen LogP contribution in [0.1, 0.15) is 23.2 Å². The molecule has 0 N–H and O–H groups in total. The molecule has 1 fully saturated rings. The molecule has 0 heterocycles. The van der Waals surface area contributed by atoms with Crippen molar-refractivity contribution in [3.05, 3.63) is 39.4 Å². The second-order valence-electron chi connectivity index (χ2n) is 4.67. The van der Waals surface area contributed by atoms with E-state index in [9.17, 15) is 23.7 Å². The molecule has 1 aromatic rings. The number of halogens is 2. The first kappa shape index (κ1) is 13.4. The molecule has 5 nitrogen and oxygen atoms in total. The largest absolute Gasteiger partial charge is 0.341 e. The molecule has 19 heavy (non-hydrogen) atoms. The molecule has 0 saturated heterocycles. The molecule has 2 rings (SSSR count). The van der Waals surface area contributed by atoms with Crippen molar-refractivity contribution in [1.29, 1.82) is 0 Å². The van der Waals surface area contributed by atoms with Crippen LogP contribution in [-0.4, -0.2) is 29.3 Å². The molecule has 1 aliphatic rings. The van der Waals surface area contributed by atoms with Gasteiger partial charge in [-0.3, -0.25) is 14.9 Å². The molecule has 0 unspecified atom stereocenters. The first-order valence-electron chi connectivity index (χ1n) is 5.79. The van der Waals surface area contributed by atoms with E-state index in [-0.39, 0.29) is 0 Å². The lowest BCUT2D eigenvalue weighted by atomic mass is 10.1. The van der Waals surface area contributed by atoms with Crippen molar-refractivity contribution in [2.24, 2.45) is 5.92 Å². The normalized spacial score (nSPS) is 14.3. The minimum absolute atomic E-state index is 0.401. The number of hydrogen-bond acceptors (Lipinski definition) is 3. The number of hydrogen-bond donors (Lipinski definition) is 0. The summed E-state index contributed by atoms with van der Waals surface area (Å²) in [6.07, 6.45) is 2.02. The second kappa shape index (κ2) is 4.91. The number of amides is 1. The van der Waals surface area contributed by atoms with Crippen molar-refractivity contribution in [3.8, 4) is 0 Å². The Balaban J connectivity index is 2.33. The van der Waals surface area contributed by atoms with Gasteiger partial charge >= 0.3 is 0 Å². The first-order valence-corrected chi connectivity index (χ1v) is 5.79. The van der Waals surface area contributed by atoms with Crippen LogP contribution in [0.5, 0.6) is 0 Å². The Kier molecular flexibility index (Phi) is 3.46. The van der Waals surface area contributed by atoms with Crippen LogP contribution in [0, 0.1) is 27.7 Å². The Labute approximate surface area is 108 Å². The summed E-state index contributed by atoms with van der Waals surface area (Å²) in [5.74, 6) is -2.88. The summed E-state index contributed by atoms with van der Waals surface area (Å²) in [5, 5.41) is 10.8. The topological polar surface area (TPSA) is 63.5 Å². The lowest BCUT2D eigenvalue weighted by Crippen LogP contribution is -2.29. The van der Waals surface area contributed by atoms with Crippen LogP contribution in [0.25, 0.3) is 0 Å². The quantitative estimate of drug-likeness (QED) is 0.623. The SMILES string of the molecule is CN(CC1CC1)C(=O)c1cc(F)c(F)cc1[N+](=O)[O-]. The van der Waals surface area contributed by atoms with Gasteiger partial charge in [-0.1, -0.05) is 0 Å². The van der Waals surface area contributed by atoms with Crippen molar-refractivity contribution < 1.29 is 18.5 Å². The highest BCUT2D eigenvalue weighted by Gasteiger charge is 2.29. The van der Waals surface area contributed by atoms with Gasteiger partial charge in [0.25, 0.3) is 11.6 Å². The van der Waals surface area contributed by atoms with Gasteiger partial charge in [0.1, 0.15) is 5.56 Å². The number of carbonyl (C=O) groups is 1.